The normalized spacial score (nSPS) is 24.8. The van der Waals surface area contributed by atoms with E-state index in [0.717, 1.165) is 11.0 Å². The van der Waals surface area contributed by atoms with Gasteiger partial charge in [-0.1, -0.05) is 11.6 Å². The van der Waals surface area contributed by atoms with E-state index in [-0.39, 0.29) is 11.2 Å². The van der Waals surface area contributed by atoms with Gasteiger partial charge in [-0.2, -0.15) is 0 Å². The second kappa shape index (κ2) is 4.70. The van der Waals surface area contributed by atoms with E-state index in [4.69, 9.17) is 25.6 Å². The maximum atomic E-state index is 6.10. The molecule has 0 atom stereocenters. The van der Waals surface area contributed by atoms with Crippen LogP contribution in [0.25, 0.3) is 0 Å². The van der Waals surface area contributed by atoms with E-state index in [9.17, 15) is 0 Å². The molecular weight excluding hydrogens is 276 g/mol. The van der Waals surface area contributed by atoms with Crippen molar-refractivity contribution >= 4 is 24.2 Å². The Labute approximate surface area is 124 Å². The number of nitrogens with zero attached hydrogens (tertiary/aromatic N) is 1. The summed E-state index contributed by atoms with van der Waals surface area (Å²) in [5, 5.41) is 0.493. The lowest BCUT2D eigenvalue weighted by Gasteiger charge is -2.32. The van der Waals surface area contributed by atoms with Crippen molar-refractivity contribution in [3.05, 3.63) is 23.0 Å². The molecule has 0 bridgehead atoms. The summed E-state index contributed by atoms with van der Waals surface area (Å²) in [6.07, 6.45) is 1.76. The molecule has 2 saturated heterocycles. The third kappa shape index (κ3) is 2.27. The molecule has 1 aromatic rings. The highest BCUT2D eigenvalue weighted by molar-refractivity contribution is 6.62. The van der Waals surface area contributed by atoms with E-state index in [1.807, 2.05) is 33.8 Å². The van der Waals surface area contributed by atoms with Gasteiger partial charge in [0.05, 0.1) is 24.4 Å². The molecule has 20 heavy (non-hydrogen) atoms. The fourth-order valence-corrected chi connectivity index (χ4v) is 2.56. The van der Waals surface area contributed by atoms with Gasteiger partial charge < -0.3 is 14.0 Å². The molecular formula is C14H19BClNO3. The lowest BCUT2D eigenvalue weighted by atomic mass is 9.74. The third-order valence-electron chi connectivity index (χ3n) is 4.52. The van der Waals surface area contributed by atoms with Crippen molar-refractivity contribution in [2.75, 3.05) is 13.2 Å². The molecule has 0 N–H and O–H groups in total. The molecule has 0 saturated carbocycles. The number of rotatable bonds is 2. The topological polar surface area (TPSA) is 40.6 Å². The zero-order chi connectivity index (χ0) is 14.5. The Morgan fingerprint density at radius 2 is 1.80 bits per heavy atom. The summed E-state index contributed by atoms with van der Waals surface area (Å²) in [7, 11) is -0.402. The highest BCUT2D eigenvalue weighted by Gasteiger charge is 2.52. The molecule has 2 aliphatic rings. The van der Waals surface area contributed by atoms with E-state index in [2.05, 4.69) is 4.98 Å². The summed E-state index contributed by atoms with van der Waals surface area (Å²) < 4.78 is 17.5. The van der Waals surface area contributed by atoms with Crippen LogP contribution in [0.3, 0.4) is 0 Å². The SMILES string of the molecule is CC1(C)OB(c2cnc(Cl)cc2C2COC2)OC1(C)C. The van der Waals surface area contributed by atoms with Gasteiger partial charge in [-0.3, -0.25) is 0 Å². The minimum absolute atomic E-state index is 0.351. The van der Waals surface area contributed by atoms with E-state index in [1.165, 1.54) is 0 Å². The maximum absolute atomic E-state index is 6.10. The lowest BCUT2D eigenvalue weighted by Crippen LogP contribution is -2.41. The number of hydrogen-bond donors (Lipinski definition) is 0. The first-order valence-electron chi connectivity index (χ1n) is 6.89. The average Bonchev–Trinajstić information content (AvgIpc) is 2.45. The molecule has 6 heteroatoms. The largest absolute Gasteiger partial charge is 0.496 e. The van der Waals surface area contributed by atoms with Gasteiger partial charge in [-0.15, -0.1) is 0 Å². The van der Waals surface area contributed by atoms with E-state index < -0.39 is 7.12 Å². The molecule has 2 fully saturated rings. The Hall–Kier alpha value is -0.615. The molecule has 108 valence electrons. The van der Waals surface area contributed by atoms with Crippen molar-refractivity contribution < 1.29 is 14.0 Å². The second-order valence-corrected chi connectivity index (χ2v) is 6.85. The summed E-state index contributed by atoms with van der Waals surface area (Å²) in [5.74, 6) is 0.351. The first-order chi connectivity index (χ1) is 9.30. The van der Waals surface area contributed by atoms with E-state index in [1.54, 1.807) is 6.20 Å². The summed E-state index contributed by atoms with van der Waals surface area (Å²) in [5.41, 5.74) is 1.37. The monoisotopic (exact) mass is 295 g/mol. The van der Waals surface area contributed by atoms with Crippen LogP contribution in [0.4, 0.5) is 0 Å². The van der Waals surface area contributed by atoms with Crippen LogP contribution in [0, 0.1) is 0 Å². The molecule has 2 aliphatic heterocycles. The lowest BCUT2D eigenvalue weighted by molar-refractivity contribution is 0.00578. The Morgan fingerprint density at radius 3 is 2.30 bits per heavy atom. The van der Waals surface area contributed by atoms with Crippen molar-refractivity contribution in [2.24, 2.45) is 0 Å². The number of ether oxygens (including phenoxy) is 1. The summed E-state index contributed by atoms with van der Waals surface area (Å²) in [6, 6.07) is 1.90. The summed E-state index contributed by atoms with van der Waals surface area (Å²) in [4.78, 5) is 4.19. The smallest absolute Gasteiger partial charge is 0.399 e. The van der Waals surface area contributed by atoms with Crippen LogP contribution >= 0.6 is 11.6 Å². The Morgan fingerprint density at radius 1 is 1.20 bits per heavy atom. The summed E-state index contributed by atoms with van der Waals surface area (Å²) in [6.45, 7) is 9.61. The van der Waals surface area contributed by atoms with Crippen LogP contribution in [0.5, 0.6) is 0 Å². The predicted molar refractivity (Wildman–Crippen MR) is 78.5 cm³/mol. The molecule has 3 heterocycles. The summed E-state index contributed by atoms with van der Waals surface area (Å²) >= 11 is 6.03. The first-order valence-corrected chi connectivity index (χ1v) is 7.27. The number of halogens is 1. The van der Waals surface area contributed by atoms with Crippen molar-refractivity contribution in [1.82, 2.24) is 4.98 Å². The van der Waals surface area contributed by atoms with Gasteiger partial charge in [0.25, 0.3) is 0 Å². The quantitative estimate of drug-likeness (QED) is 0.619. The zero-order valence-corrected chi connectivity index (χ0v) is 13.0. The molecule has 0 amide bonds. The molecule has 0 unspecified atom stereocenters. The molecule has 0 radical (unpaired) electrons. The minimum atomic E-state index is -0.402. The van der Waals surface area contributed by atoms with Crippen molar-refractivity contribution in [2.45, 2.75) is 44.8 Å². The fourth-order valence-electron chi connectivity index (χ4n) is 2.39. The van der Waals surface area contributed by atoms with Gasteiger partial charge in [-0.25, -0.2) is 4.98 Å². The van der Waals surface area contributed by atoms with Crippen molar-refractivity contribution in [3.8, 4) is 0 Å². The fraction of sp³-hybridized carbons (Fsp3) is 0.643. The Bertz CT molecular complexity index is 515. The van der Waals surface area contributed by atoms with Crippen molar-refractivity contribution in [1.29, 1.82) is 0 Å². The van der Waals surface area contributed by atoms with Crippen molar-refractivity contribution in [3.63, 3.8) is 0 Å². The maximum Gasteiger partial charge on any atom is 0.496 e. The van der Waals surface area contributed by atoms with Crippen LogP contribution in [0.15, 0.2) is 12.3 Å². The van der Waals surface area contributed by atoms with Crippen LogP contribution in [-0.2, 0) is 14.0 Å². The van der Waals surface area contributed by atoms with Gasteiger partial charge in [0.2, 0.25) is 0 Å². The van der Waals surface area contributed by atoms with Crippen LogP contribution in [0.1, 0.15) is 39.2 Å². The number of pyridine rings is 1. The number of aromatic nitrogens is 1. The van der Waals surface area contributed by atoms with Gasteiger partial charge in [-0.05, 0) is 39.3 Å². The molecule has 3 rings (SSSR count). The predicted octanol–water partition coefficient (Wildman–Crippen LogP) is 2.15. The second-order valence-electron chi connectivity index (χ2n) is 6.46. The van der Waals surface area contributed by atoms with E-state index >= 15 is 0 Å². The Kier molecular flexibility index (Phi) is 3.37. The number of hydrogen-bond acceptors (Lipinski definition) is 4. The standard InChI is InChI=1S/C14H19BClNO3/c1-13(2)14(3,4)20-15(19-13)11-6-17-12(16)5-10(11)9-7-18-8-9/h5-6,9H,7-8H2,1-4H3. The molecule has 0 aliphatic carbocycles. The van der Waals surface area contributed by atoms with Gasteiger partial charge in [0.15, 0.2) is 0 Å². The van der Waals surface area contributed by atoms with Crippen LogP contribution < -0.4 is 5.46 Å². The van der Waals surface area contributed by atoms with E-state index in [0.29, 0.717) is 24.3 Å². The Balaban J connectivity index is 1.95. The molecule has 0 spiro atoms. The molecule has 1 aromatic heterocycles. The van der Waals surface area contributed by atoms with Crippen LogP contribution in [0.2, 0.25) is 5.15 Å². The highest BCUT2D eigenvalue weighted by atomic mass is 35.5. The minimum Gasteiger partial charge on any atom is -0.399 e. The molecule has 0 aromatic carbocycles. The third-order valence-corrected chi connectivity index (χ3v) is 4.73. The van der Waals surface area contributed by atoms with Gasteiger partial charge in [0.1, 0.15) is 5.15 Å². The first kappa shape index (κ1) is 14.3. The average molecular weight is 296 g/mol. The highest BCUT2D eigenvalue weighted by Crippen LogP contribution is 2.37. The van der Waals surface area contributed by atoms with Gasteiger partial charge >= 0.3 is 7.12 Å². The molecule has 4 nitrogen and oxygen atoms in total. The zero-order valence-electron chi connectivity index (χ0n) is 12.3. The van der Waals surface area contributed by atoms with Gasteiger partial charge in [0, 0.05) is 17.6 Å². The van der Waals surface area contributed by atoms with Crippen LogP contribution in [-0.4, -0.2) is 36.5 Å².